The van der Waals surface area contributed by atoms with Crippen molar-refractivity contribution in [3.05, 3.63) is 59.9 Å². The standard InChI is InChI=1S/C20H26N2O/c23-18-9-7-17(8-10-18)11-15-21-16-20(12-3-1-4-13-20)19-6-2-5-14-22-19/h2,5-10,14,21,23H,1,3-4,11-13,15-16H2. The molecule has 1 aliphatic carbocycles. The predicted molar refractivity (Wildman–Crippen MR) is 93.7 cm³/mol. The highest BCUT2D eigenvalue weighted by Gasteiger charge is 2.34. The minimum atomic E-state index is 0.203. The molecule has 3 heteroatoms. The molecule has 3 nitrogen and oxygen atoms in total. The first-order valence-corrected chi connectivity index (χ1v) is 8.69. The van der Waals surface area contributed by atoms with Gasteiger partial charge in [0.25, 0.3) is 0 Å². The molecule has 1 heterocycles. The van der Waals surface area contributed by atoms with Gasteiger partial charge in [0.1, 0.15) is 5.75 Å². The van der Waals surface area contributed by atoms with Crippen LogP contribution in [0.2, 0.25) is 0 Å². The Hall–Kier alpha value is -1.87. The lowest BCUT2D eigenvalue weighted by Gasteiger charge is -2.37. The van der Waals surface area contributed by atoms with E-state index in [9.17, 15) is 5.11 Å². The zero-order valence-electron chi connectivity index (χ0n) is 13.7. The van der Waals surface area contributed by atoms with Gasteiger partial charge in [0.2, 0.25) is 0 Å². The zero-order chi connectivity index (χ0) is 16.0. The molecule has 2 N–H and O–H groups in total. The summed E-state index contributed by atoms with van der Waals surface area (Å²) < 4.78 is 0. The fourth-order valence-corrected chi connectivity index (χ4v) is 3.65. The normalized spacial score (nSPS) is 17.0. The number of hydrogen-bond acceptors (Lipinski definition) is 3. The number of aromatic nitrogens is 1. The van der Waals surface area contributed by atoms with Crippen molar-refractivity contribution in [3.8, 4) is 5.75 Å². The monoisotopic (exact) mass is 310 g/mol. The minimum Gasteiger partial charge on any atom is -0.508 e. The average molecular weight is 310 g/mol. The van der Waals surface area contributed by atoms with Crippen molar-refractivity contribution in [2.45, 2.75) is 43.9 Å². The van der Waals surface area contributed by atoms with Crippen molar-refractivity contribution >= 4 is 0 Å². The maximum absolute atomic E-state index is 9.34. The van der Waals surface area contributed by atoms with E-state index in [2.05, 4.69) is 22.4 Å². The van der Waals surface area contributed by atoms with Gasteiger partial charge >= 0.3 is 0 Å². The summed E-state index contributed by atoms with van der Waals surface area (Å²) in [4.78, 5) is 4.65. The Morgan fingerprint density at radius 3 is 2.48 bits per heavy atom. The molecule has 1 aromatic carbocycles. The van der Waals surface area contributed by atoms with Gasteiger partial charge in [0.15, 0.2) is 0 Å². The molecule has 0 spiro atoms. The first-order valence-electron chi connectivity index (χ1n) is 8.69. The molecular formula is C20H26N2O. The summed E-state index contributed by atoms with van der Waals surface area (Å²) in [6, 6.07) is 13.8. The molecule has 0 amide bonds. The molecule has 0 unspecified atom stereocenters. The summed E-state index contributed by atoms with van der Waals surface area (Å²) in [7, 11) is 0. The van der Waals surface area contributed by atoms with Crippen LogP contribution in [0.5, 0.6) is 5.75 Å². The van der Waals surface area contributed by atoms with Crippen LogP contribution in [0.4, 0.5) is 0 Å². The first kappa shape index (κ1) is 16.0. The van der Waals surface area contributed by atoms with Crippen molar-refractivity contribution in [1.29, 1.82) is 0 Å². The third-order valence-electron chi connectivity index (χ3n) is 5.01. The first-order chi connectivity index (χ1) is 11.3. The van der Waals surface area contributed by atoms with Gasteiger partial charge in [-0.25, -0.2) is 0 Å². The van der Waals surface area contributed by atoms with Crippen LogP contribution in [-0.4, -0.2) is 23.2 Å². The highest BCUT2D eigenvalue weighted by Crippen LogP contribution is 2.37. The second kappa shape index (κ2) is 7.60. The smallest absolute Gasteiger partial charge is 0.115 e. The van der Waals surface area contributed by atoms with Crippen LogP contribution in [0.25, 0.3) is 0 Å². The third-order valence-corrected chi connectivity index (χ3v) is 5.01. The van der Waals surface area contributed by atoms with Crippen molar-refractivity contribution in [2.75, 3.05) is 13.1 Å². The van der Waals surface area contributed by atoms with Crippen molar-refractivity contribution in [1.82, 2.24) is 10.3 Å². The van der Waals surface area contributed by atoms with Gasteiger partial charge < -0.3 is 10.4 Å². The number of phenolic OH excluding ortho intramolecular Hbond substituents is 1. The molecule has 3 rings (SSSR count). The Labute approximate surface area is 138 Å². The van der Waals surface area contributed by atoms with Crippen LogP contribution in [0.1, 0.15) is 43.4 Å². The van der Waals surface area contributed by atoms with Crippen molar-refractivity contribution in [3.63, 3.8) is 0 Å². The maximum Gasteiger partial charge on any atom is 0.115 e. The number of nitrogens with zero attached hydrogens (tertiary/aromatic N) is 1. The number of phenols is 1. The summed E-state index contributed by atoms with van der Waals surface area (Å²) in [5.41, 5.74) is 2.71. The van der Waals surface area contributed by atoms with E-state index in [1.165, 1.54) is 43.4 Å². The van der Waals surface area contributed by atoms with Crippen molar-refractivity contribution < 1.29 is 5.11 Å². The maximum atomic E-state index is 9.34. The predicted octanol–water partition coefficient (Wildman–Crippen LogP) is 3.82. The number of rotatable bonds is 6. The number of benzene rings is 1. The fourth-order valence-electron chi connectivity index (χ4n) is 3.65. The molecule has 0 saturated heterocycles. The lowest BCUT2D eigenvalue weighted by atomic mass is 9.71. The summed E-state index contributed by atoms with van der Waals surface area (Å²) >= 11 is 0. The van der Waals surface area contributed by atoms with E-state index in [1.54, 1.807) is 12.1 Å². The summed E-state index contributed by atoms with van der Waals surface area (Å²) in [6.07, 6.45) is 9.32. The van der Waals surface area contributed by atoms with Crippen LogP contribution >= 0.6 is 0 Å². The van der Waals surface area contributed by atoms with Crippen molar-refractivity contribution in [2.24, 2.45) is 0 Å². The van der Waals surface area contributed by atoms with Crippen LogP contribution in [0.3, 0.4) is 0 Å². The molecule has 122 valence electrons. The van der Waals surface area contributed by atoms with Crippen LogP contribution in [0.15, 0.2) is 48.7 Å². The molecule has 2 aromatic rings. The van der Waals surface area contributed by atoms with E-state index in [-0.39, 0.29) is 5.41 Å². The second-order valence-corrected chi connectivity index (χ2v) is 6.65. The van der Waals surface area contributed by atoms with Gasteiger partial charge in [-0.2, -0.15) is 0 Å². The van der Waals surface area contributed by atoms with Gasteiger partial charge in [0.05, 0.1) is 0 Å². The average Bonchev–Trinajstić information content (AvgIpc) is 2.62. The molecule has 1 fully saturated rings. The fraction of sp³-hybridized carbons (Fsp3) is 0.450. The molecule has 1 aliphatic rings. The molecule has 0 aliphatic heterocycles. The Kier molecular flexibility index (Phi) is 5.29. The van der Waals surface area contributed by atoms with E-state index in [0.29, 0.717) is 5.75 Å². The summed E-state index contributed by atoms with van der Waals surface area (Å²) in [6.45, 7) is 1.96. The third kappa shape index (κ3) is 4.11. The van der Waals surface area contributed by atoms with E-state index in [1.807, 2.05) is 24.4 Å². The molecule has 0 radical (unpaired) electrons. The SMILES string of the molecule is Oc1ccc(CCNCC2(c3ccccn3)CCCCC2)cc1. The summed E-state index contributed by atoms with van der Waals surface area (Å²) in [5, 5.41) is 13.0. The number of pyridine rings is 1. The second-order valence-electron chi connectivity index (χ2n) is 6.65. The number of nitrogens with one attached hydrogen (secondary N) is 1. The van der Waals surface area contributed by atoms with Gasteiger partial charge in [-0.3, -0.25) is 4.98 Å². The van der Waals surface area contributed by atoms with Crippen LogP contribution in [-0.2, 0) is 11.8 Å². The van der Waals surface area contributed by atoms with Gasteiger partial charge in [0, 0.05) is 23.9 Å². The highest BCUT2D eigenvalue weighted by atomic mass is 16.3. The number of aromatic hydroxyl groups is 1. The molecule has 1 aromatic heterocycles. The lowest BCUT2D eigenvalue weighted by molar-refractivity contribution is 0.274. The molecule has 1 saturated carbocycles. The Morgan fingerprint density at radius 1 is 1.00 bits per heavy atom. The van der Waals surface area contributed by atoms with Gasteiger partial charge in [-0.05, 0) is 55.6 Å². The van der Waals surface area contributed by atoms with E-state index in [4.69, 9.17) is 0 Å². The zero-order valence-corrected chi connectivity index (χ0v) is 13.7. The Balaban J connectivity index is 1.58. The Morgan fingerprint density at radius 2 is 1.78 bits per heavy atom. The Bertz CT molecular complexity index is 589. The molecular weight excluding hydrogens is 284 g/mol. The topological polar surface area (TPSA) is 45.1 Å². The quantitative estimate of drug-likeness (QED) is 0.797. The summed E-state index contributed by atoms with van der Waals surface area (Å²) in [5.74, 6) is 0.331. The number of hydrogen-bond donors (Lipinski definition) is 2. The largest absolute Gasteiger partial charge is 0.508 e. The van der Waals surface area contributed by atoms with Gasteiger partial charge in [-0.1, -0.05) is 37.5 Å². The lowest BCUT2D eigenvalue weighted by Crippen LogP contribution is -2.41. The molecule has 23 heavy (non-hydrogen) atoms. The highest BCUT2D eigenvalue weighted by molar-refractivity contribution is 5.26. The van der Waals surface area contributed by atoms with Crippen LogP contribution < -0.4 is 5.32 Å². The molecule has 0 bridgehead atoms. The van der Waals surface area contributed by atoms with E-state index < -0.39 is 0 Å². The molecule has 0 atom stereocenters. The van der Waals surface area contributed by atoms with E-state index >= 15 is 0 Å². The van der Waals surface area contributed by atoms with E-state index in [0.717, 1.165) is 19.5 Å². The van der Waals surface area contributed by atoms with Gasteiger partial charge in [-0.15, -0.1) is 0 Å². The van der Waals surface area contributed by atoms with Crippen LogP contribution in [0, 0.1) is 0 Å². The minimum absolute atomic E-state index is 0.203.